The number of halogens is 2. The van der Waals surface area contributed by atoms with E-state index >= 15 is 0 Å². The molecule has 1 aliphatic heterocycles. The summed E-state index contributed by atoms with van der Waals surface area (Å²) in [6.07, 6.45) is 3.06. The van der Waals surface area contributed by atoms with Gasteiger partial charge in [0.2, 0.25) is 0 Å². The minimum absolute atomic E-state index is 0.172. The van der Waals surface area contributed by atoms with Crippen LogP contribution in [-0.4, -0.2) is 35.8 Å². The molecular weight excluding hydrogens is 417 g/mol. The van der Waals surface area contributed by atoms with Gasteiger partial charge in [-0.2, -0.15) is 5.10 Å². The summed E-state index contributed by atoms with van der Waals surface area (Å²) in [5, 5.41) is 5.29. The minimum atomic E-state index is -0.496. The number of hydrogen-bond acceptors (Lipinski definition) is 5. The third kappa shape index (κ3) is 3.22. The van der Waals surface area contributed by atoms with E-state index in [9.17, 15) is 9.59 Å². The smallest absolute Gasteiger partial charge is 0.270 e. The first kappa shape index (κ1) is 19.3. The zero-order chi connectivity index (χ0) is 20.7. The Labute approximate surface area is 176 Å². The van der Waals surface area contributed by atoms with Crippen molar-refractivity contribution in [3.05, 3.63) is 69.5 Å². The molecule has 1 aliphatic rings. The Kier molecular flexibility index (Phi) is 4.94. The number of nitrogens with zero attached hydrogens (tertiary/aromatic N) is 3. The van der Waals surface area contributed by atoms with E-state index in [1.54, 1.807) is 41.2 Å². The molecule has 7 nitrogen and oxygen atoms in total. The molecule has 29 heavy (non-hydrogen) atoms. The Hall–Kier alpha value is -3.03. The lowest BCUT2D eigenvalue weighted by atomic mass is 10.1. The largest absolute Gasteiger partial charge is 0.493 e. The van der Waals surface area contributed by atoms with Crippen LogP contribution in [0.1, 0.15) is 26.3 Å². The highest BCUT2D eigenvalue weighted by atomic mass is 35.5. The number of amides is 2. The first-order chi connectivity index (χ1) is 13.9. The molecular formula is C20H15Cl2N3O4. The highest BCUT2D eigenvalue weighted by Crippen LogP contribution is 2.39. The van der Waals surface area contributed by atoms with E-state index in [-0.39, 0.29) is 16.9 Å². The van der Waals surface area contributed by atoms with Crippen molar-refractivity contribution >= 4 is 40.7 Å². The number of hydrogen-bond donors (Lipinski definition) is 0. The van der Waals surface area contributed by atoms with Crippen LogP contribution in [0.2, 0.25) is 10.0 Å². The molecule has 4 rings (SSSR count). The van der Waals surface area contributed by atoms with Crippen LogP contribution in [0.3, 0.4) is 0 Å². The standard InChI is InChI=1S/C20H15Cl2N3O4/c1-28-16-6-5-14-17(18(16)29-2)20(27)25(19(14)26)13-8-23-24(10-13)9-11-3-4-12(21)7-15(11)22/h3-8,10H,9H2,1-2H3. The first-order valence-electron chi connectivity index (χ1n) is 8.54. The number of carbonyl (C=O) groups is 2. The van der Waals surface area contributed by atoms with Gasteiger partial charge in [-0.05, 0) is 29.8 Å². The molecule has 0 unspecified atom stereocenters. The van der Waals surface area contributed by atoms with Crippen LogP contribution in [-0.2, 0) is 6.54 Å². The predicted octanol–water partition coefficient (Wildman–Crippen LogP) is 4.06. The summed E-state index contributed by atoms with van der Waals surface area (Å²) < 4.78 is 12.1. The topological polar surface area (TPSA) is 73.7 Å². The van der Waals surface area contributed by atoms with Gasteiger partial charge < -0.3 is 9.47 Å². The van der Waals surface area contributed by atoms with Crippen LogP contribution in [0.15, 0.2) is 42.7 Å². The van der Waals surface area contributed by atoms with Gasteiger partial charge >= 0.3 is 0 Å². The molecule has 2 amide bonds. The van der Waals surface area contributed by atoms with E-state index in [1.165, 1.54) is 20.4 Å². The summed E-state index contributed by atoms with van der Waals surface area (Å²) in [6, 6.07) is 8.32. The minimum Gasteiger partial charge on any atom is -0.493 e. The lowest BCUT2D eigenvalue weighted by molar-refractivity contribution is 0.0925. The van der Waals surface area contributed by atoms with E-state index in [1.807, 2.05) is 0 Å². The molecule has 0 radical (unpaired) electrons. The summed E-state index contributed by atoms with van der Waals surface area (Å²) in [7, 11) is 2.89. The molecule has 0 aliphatic carbocycles. The summed E-state index contributed by atoms with van der Waals surface area (Å²) in [4.78, 5) is 27.0. The lowest BCUT2D eigenvalue weighted by Gasteiger charge is -2.11. The second-order valence-electron chi connectivity index (χ2n) is 6.30. The summed E-state index contributed by atoms with van der Waals surface area (Å²) in [5.41, 5.74) is 1.58. The average molecular weight is 432 g/mol. The molecule has 0 bridgehead atoms. The van der Waals surface area contributed by atoms with Crippen molar-refractivity contribution in [2.45, 2.75) is 6.54 Å². The van der Waals surface area contributed by atoms with Crippen molar-refractivity contribution in [2.24, 2.45) is 0 Å². The van der Waals surface area contributed by atoms with E-state index < -0.39 is 11.8 Å². The number of methoxy groups -OCH3 is 2. The van der Waals surface area contributed by atoms with Crippen LogP contribution in [0.5, 0.6) is 11.5 Å². The highest BCUT2D eigenvalue weighted by molar-refractivity contribution is 6.36. The Bertz CT molecular complexity index is 1140. The maximum atomic E-state index is 13.0. The zero-order valence-corrected chi connectivity index (χ0v) is 17.0. The number of carbonyl (C=O) groups excluding carboxylic acids is 2. The molecule has 148 valence electrons. The van der Waals surface area contributed by atoms with Gasteiger partial charge in [-0.25, -0.2) is 4.90 Å². The Morgan fingerprint density at radius 1 is 1.03 bits per heavy atom. The molecule has 2 heterocycles. The van der Waals surface area contributed by atoms with Gasteiger partial charge in [0, 0.05) is 16.2 Å². The second kappa shape index (κ2) is 7.42. The van der Waals surface area contributed by atoms with Crippen LogP contribution in [0, 0.1) is 0 Å². The number of rotatable bonds is 5. The fourth-order valence-electron chi connectivity index (χ4n) is 3.26. The molecule has 0 saturated heterocycles. The van der Waals surface area contributed by atoms with Crippen molar-refractivity contribution in [1.82, 2.24) is 9.78 Å². The SMILES string of the molecule is COc1ccc2c(c1OC)C(=O)N(c1cnn(Cc3ccc(Cl)cc3Cl)c1)C2=O. The molecule has 1 aromatic heterocycles. The summed E-state index contributed by atoms with van der Waals surface area (Å²) in [5.74, 6) is -0.339. The molecule has 0 saturated carbocycles. The predicted molar refractivity (Wildman–Crippen MR) is 108 cm³/mol. The molecule has 0 N–H and O–H groups in total. The summed E-state index contributed by atoms with van der Waals surface area (Å²) >= 11 is 12.1. The number of fused-ring (bicyclic) bond motifs is 1. The monoisotopic (exact) mass is 431 g/mol. The van der Waals surface area contributed by atoms with Gasteiger partial charge in [0.15, 0.2) is 11.5 Å². The normalized spacial score (nSPS) is 13.0. The summed E-state index contributed by atoms with van der Waals surface area (Å²) in [6.45, 7) is 0.357. The fraction of sp³-hybridized carbons (Fsp3) is 0.150. The molecule has 0 fully saturated rings. The Morgan fingerprint density at radius 3 is 2.52 bits per heavy atom. The number of imide groups is 1. The van der Waals surface area contributed by atoms with E-state index in [0.29, 0.717) is 28.0 Å². The van der Waals surface area contributed by atoms with Crippen LogP contribution in [0.25, 0.3) is 0 Å². The number of ether oxygens (including phenoxy) is 2. The van der Waals surface area contributed by atoms with E-state index in [4.69, 9.17) is 32.7 Å². The zero-order valence-electron chi connectivity index (χ0n) is 15.5. The van der Waals surface area contributed by atoms with Crippen LogP contribution < -0.4 is 14.4 Å². The van der Waals surface area contributed by atoms with Crippen molar-refractivity contribution in [2.75, 3.05) is 19.1 Å². The highest BCUT2D eigenvalue weighted by Gasteiger charge is 2.41. The van der Waals surface area contributed by atoms with Gasteiger partial charge in [0.1, 0.15) is 0 Å². The van der Waals surface area contributed by atoms with E-state index in [0.717, 1.165) is 10.5 Å². The van der Waals surface area contributed by atoms with Crippen molar-refractivity contribution in [1.29, 1.82) is 0 Å². The molecule has 0 atom stereocenters. The quantitative estimate of drug-likeness (QED) is 0.569. The van der Waals surface area contributed by atoms with Crippen molar-refractivity contribution in [3.8, 4) is 11.5 Å². The molecule has 3 aromatic rings. The van der Waals surface area contributed by atoms with Gasteiger partial charge in [0.25, 0.3) is 11.8 Å². The van der Waals surface area contributed by atoms with Crippen molar-refractivity contribution in [3.63, 3.8) is 0 Å². The number of benzene rings is 2. The maximum Gasteiger partial charge on any atom is 0.270 e. The lowest BCUT2D eigenvalue weighted by Crippen LogP contribution is -2.29. The Morgan fingerprint density at radius 2 is 1.83 bits per heavy atom. The third-order valence-corrected chi connectivity index (χ3v) is 5.21. The van der Waals surface area contributed by atoms with Crippen LogP contribution >= 0.6 is 23.2 Å². The molecule has 2 aromatic carbocycles. The Balaban J connectivity index is 1.66. The van der Waals surface area contributed by atoms with Crippen molar-refractivity contribution < 1.29 is 19.1 Å². The van der Waals surface area contributed by atoms with Gasteiger partial charge in [-0.15, -0.1) is 0 Å². The fourth-order valence-corrected chi connectivity index (χ4v) is 3.72. The molecule has 9 heteroatoms. The third-order valence-electron chi connectivity index (χ3n) is 4.62. The maximum absolute atomic E-state index is 13.0. The van der Waals surface area contributed by atoms with E-state index in [2.05, 4.69) is 5.10 Å². The van der Waals surface area contributed by atoms with Gasteiger partial charge in [0.05, 0.1) is 43.8 Å². The number of anilines is 1. The van der Waals surface area contributed by atoms with Crippen LogP contribution in [0.4, 0.5) is 5.69 Å². The first-order valence-corrected chi connectivity index (χ1v) is 9.30. The molecule has 0 spiro atoms. The average Bonchev–Trinajstić information content (AvgIpc) is 3.25. The second-order valence-corrected chi connectivity index (χ2v) is 7.14. The number of aromatic nitrogens is 2. The van der Waals surface area contributed by atoms with Gasteiger partial charge in [-0.1, -0.05) is 29.3 Å². The van der Waals surface area contributed by atoms with Gasteiger partial charge in [-0.3, -0.25) is 14.3 Å².